The summed E-state index contributed by atoms with van der Waals surface area (Å²) >= 11 is 0. The molecule has 2 heterocycles. The Balaban J connectivity index is 0.769. The number of hydrogen-bond acceptors (Lipinski definition) is 2. The van der Waals surface area contributed by atoms with Gasteiger partial charge in [0.15, 0.2) is 0 Å². The van der Waals surface area contributed by atoms with Gasteiger partial charge in [-0.25, -0.2) is 0 Å². The monoisotopic (exact) mass is 904 g/mol. The molecule has 0 N–H and O–H groups in total. The largest absolute Gasteiger partial charge is 0.456 e. The van der Waals surface area contributed by atoms with Gasteiger partial charge in [0.2, 0.25) is 0 Å². The van der Waals surface area contributed by atoms with Crippen molar-refractivity contribution < 1.29 is 4.42 Å². The first-order valence-corrected chi connectivity index (χ1v) is 24.3. The van der Waals surface area contributed by atoms with Crippen molar-refractivity contribution in [2.24, 2.45) is 0 Å². The van der Waals surface area contributed by atoms with Crippen LogP contribution in [0.2, 0.25) is 0 Å². The third-order valence-corrected chi connectivity index (χ3v) is 14.4. The molecule has 0 radical (unpaired) electrons. The fourth-order valence-electron chi connectivity index (χ4n) is 10.8. The van der Waals surface area contributed by atoms with Crippen LogP contribution in [0.5, 0.6) is 0 Å². The van der Waals surface area contributed by atoms with Gasteiger partial charge in [-0.05, 0) is 145 Å². The first kappa shape index (κ1) is 40.6. The fourth-order valence-corrected chi connectivity index (χ4v) is 10.8. The Kier molecular flexibility index (Phi) is 9.53. The van der Waals surface area contributed by atoms with E-state index in [0.717, 1.165) is 61.4 Å². The summed E-state index contributed by atoms with van der Waals surface area (Å²) in [4.78, 5) is 2.37. The molecule has 2 aromatic heterocycles. The van der Waals surface area contributed by atoms with E-state index in [0.29, 0.717) is 0 Å². The maximum Gasteiger partial charge on any atom is 0.136 e. The van der Waals surface area contributed by atoms with Crippen LogP contribution in [0.3, 0.4) is 0 Å². The van der Waals surface area contributed by atoms with E-state index in [9.17, 15) is 0 Å². The van der Waals surface area contributed by atoms with E-state index in [1.165, 1.54) is 71.2 Å². The molecular formula is C68H44N2O. The molecule has 0 aliphatic carbocycles. The van der Waals surface area contributed by atoms with Gasteiger partial charge >= 0.3 is 0 Å². The lowest BCUT2D eigenvalue weighted by molar-refractivity contribution is 0.669. The van der Waals surface area contributed by atoms with Crippen molar-refractivity contribution >= 4 is 82.4 Å². The van der Waals surface area contributed by atoms with Crippen LogP contribution < -0.4 is 4.90 Å². The maximum atomic E-state index is 6.21. The third kappa shape index (κ3) is 7.06. The maximum absolute atomic E-state index is 6.21. The van der Waals surface area contributed by atoms with Gasteiger partial charge in [0.25, 0.3) is 0 Å². The van der Waals surface area contributed by atoms with Gasteiger partial charge in [-0.15, -0.1) is 0 Å². The Hall–Kier alpha value is -9.44. The molecular weight excluding hydrogens is 861 g/mol. The average Bonchev–Trinajstić information content (AvgIpc) is 3.99. The number of aromatic nitrogens is 1. The molecule has 0 spiro atoms. The number of nitrogens with zero attached hydrogens (tertiary/aromatic N) is 2. The van der Waals surface area contributed by atoms with E-state index in [4.69, 9.17) is 4.42 Å². The molecule has 12 aromatic carbocycles. The number of benzene rings is 12. The summed E-state index contributed by atoms with van der Waals surface area (Å²) in [5.41, 5.74) is 18.0. The highest BCUT2D eigenvalue weighted by molar-refractivity contribution is 6.10. The van der Waals surface area contributed by atoms with Crippen molar-refractivity contribution in [3.05, 3.63) is 267 Å². The standard InChI is InChI=1S/C68H44N2O/c1-2-13-59-51(10-1)28-29-54-43-58(39-41-60(54)59)69(56-37-32-48(33-38-56)46-22-26-50(27-23-46)53-34-40-64-63-16-5-8-19-67(63)71-68(64)44-53)55-35-30-47(31-36-55)45-20-24-49(25-21-45)52-11-9-12-57(42-52)70-65-17-6-3-14-61(65)62-15-4-7-18-66(62)70/h1-44H. The van der Waals surface area contributed by atoms with Crippen LogP contribution in [0.15, 0.2) is 271 Å². The van der Waals surface area contributed by atoms with E-state index in [-0.39, 0.29) is 0 Å². The summed E-state index contributed by atoms with van der Waals surface area (Å²) in [6.07, 6.45) is 0. The summed E-state index contributed by atoms with van der Waals surface area (Å²) < 4.78 is 8.59. The Labute approximate surface area is 411 Å². The molecule has 14 rings (SSSR count). The molecule has 0 amide bonds. The summed E-state index contributed by atoms with van der Waals surface area (Å²) in [5, 5.41) is 9.79. The molecule has 3 nitrogen and oxygen atoms in total. The van der Waals surface area contributed by atoms with Crippen LogP contribution in [-0.4, -0.2) is 4.57 Å². The van der Waals surface area contributed by atoms with Gasteiger partial charge in [0.05, 0.1) is 11.0 Å². The molecule has 0 bridgehead atoms. The lowest BCUT2D eigenvalue weighted by atomic mass is 9.98. The van der Waals surface area contributed by atoms with Gasteiger partial charge in [0, 0.05) is 44.3 Å². The van der Waals surface area contributed by atoms with Crippen molar-refractivity contribution in [1.29, 1.82) is 0 Å². The van der Waals surface area contributed by atoms with Crippen molar-refractivity contribution in [1.82, 2.24) is 4.57 Å². The Bertz CT molecular complexity index is 4260. The zero-order valence-corrected chi connectivity index (χ0v) is 38.7. The molecule has 0 atom stereocenters. The number of rotatable bonds is 8. The lowest BCUT2D eigenvalue weighted by Gasteiger charge is -2.26. The SMILES string of the molecule is c1cc(-c2ccc(-c3ccc(N(c4ccc(-c5ccc(-c6ccc7c(c6)oc6ccccc67)cc5)cc4)c4ccc5c(ccc6ccccc65)c4)cc3)cc2)cc(-n2c3ccccc3c3ccccc32)c1. The summed E-state index contributed by atoms with van der Waals surface area (Å²) in [6.45, 7) is 0. The summed E-state index contributed by atoms with van der Waals surface area (Å²) in [6, 6.07) is 96.7. The first-order chi connectivity index (χ1) is 35.2. The number of furan rings is 1. The highest BCUT2D eigenvalue weighted by Gasteiger charge is 2.17. The number of fused-ring (bicyclic) bond motifs is 9. The molecule has 0 aliphatic rings. The van der Waals surface area contributed by atoms with Gasteiger partial charge in [-0.1, -0.05) is 188 Å². The topological polar surface area (TPSA) is 21.3 Å². The Morgan fingerprint density at radius 2 is 0.690 bits per heavy atom. The molecule has 0 saturated carbocycles. The van der Waals surface area contributed by atoms with Gasteiger partial charge in [-0.2, -0.15) is 0 Å². The van der Waals surface area contributed by atoms with Gasteiger partial charge in [0.1, 0.15) is 11.2 Å². The molecule has 71 heavy (non-hydrogen) atoms. The van der Waals surface area contributed by atoms with Crippen LogP contribution in [0, 0.1) is 0 Å². The van der Waals surface area contributed by atoms with Crippen molar-refractivity contribution in [3.63, 3.8) is 0 Å². The molecule has 0 saturated heterocycles. The number of anilines is 3. The smallest absolute Gasteiger partial charge is 0.136 e. The number of para-hydroxylation sites is 3. The second kappa shape index (κ2) is 16.7. The normalized spacial score (nSPS) is 11.7. The van der Waals surface area contributed by atoms with E-state index in [1.807, 2.05) is 12.1 Å². The van der Waals surface area contributed by atoms with E-state index in [1.54, 1.807) is 0 Å². The second-order valence-corrected chi connectivity index (χ2v) is 18.5. The van der Waals surface area contributed by atoms with E-state index >= 15 is 0 Å². The van der Waals surface area contributed by atoms with Crippen LogP contribution in [0.1, 0.15) is 0 Å². The molecule has 332 valence electrons. The predicted octanol–water partition coefficient (Wildman–Crippen LogP) is 19.1. The molecule has 14 aromatic rings. The minimum absolute atomic E-state index is 0.908. The van der Waals surface area contributed by atoms with Crippen LogP contribution >= 0.6 is 0 Å². The average molecular weight is 905 g/mol. The third-order valence-electron chi connectivity index (χ3n) is 14.4. The summed E-state index contributed by atoms with van der Waals surface area (Å²) in [5.74, 6) is 0. The van der Waals surface area contributed by atoms with Crippen molar-refractivity contribution in [2.45, 2.75) is 0 Å². The number of hydrogen-bond donors (Lipinski definition) is 0. The van der Waals surface area contributed by atoms with E-state index < -0.39 is 0 Å². The Morgan fingerprint density at radius 1 is 0.254 bits per heavy atom. The molecule has 3 heteroatoms. The van der Waals surface area contributed by atoms with Gasteiger partial charge < -0.3 is 13.9 Å². The lowest BCUT2D eigenvalue weighted by Crippen LogP contribution is -2.09. The van der Waals surface area contributed by atoms with Crippen LogP contribution in [-0.2, 0) is 0 Å². The predicted molar refractivity (Wildman–Crippen MR) is 299 cm³/mol. The molecule has 0 unspecified atom stereocenters. The minimum atomic E-state index is 0.908. The van der Waals surface area contributed by atoms with Crippen molar-refractivity contribution in [2.75, 3.05) is 4.90 Å². The van der Waals surface area contributed by atoms with Crippen LogP contribution in [0.25, 0.3) is 115 Å². The quantitative estimate of drug-likeness (QED) is 0.142. The zero-order valence-electron chi connectivity index (χ0n) is 38.7. The Morgan fingerprint density at radius 3 is 1.32 bits per heavy atom. The minimum Gasteiger partial charge on any atom is -0.456 e. The van der Waals surface area contributed by atoms with Crippen molar-refractivity contribution in [3.8, 4) is 50.2 Å². The highest BCUT2D eigenvalue weighted by Crippen LogP contribution is 2.41. The zero-order chi connectivity index (χ0) is 46.8. The summed E-state index contributed by atoms with van der Waals surface area (Å²) in [7, 11) is 0. The molecule has 0 fully saturated rings. The fraction of sp³-hybridized carbons (Fsp3) is 0. The van der Waals surface area contributed by atoms with Gasteiger partial charge in [-0.3, -0.25) is 0 Å². The highest BCUT2D eigenvalue weighted by atomic mass is 16.3. The van der Waals surface area contributed by atoms with E-state index in [2.05, 4.69) is 264 Å². The molecule has 0 aliphatic heterocycles. The first-order valence-electron chi connectivity index (χ1n) is 24.3. The second-order valence-electron chi connectivity index (χ2n) is 18.5. The van der Waals surface area contributed by atoms with Crippen LogP contribution in [0.4, 0.5) is 17.1 Å².